The number of carbonyl (C=O) groups excluding carboxylic acids is 1. The van der Waals surface area contributed by atoms with Crippen LogP contribution in [0.1, 0.15) is 29.2 Å². The molecule has 0 fully saturated rings. The van der Waals surface area contributed by atoms with Crippen molar-refractivity contribution < 1.29 is 14.7 Å². The lowest BCUT2D eigenvalue weighted by atomic mass is 10.1. The van der Waals surface area contributed by atoms with E-state index in [1.165, 1.54) is 13.8 Å². The van der Waals surface area contributed by atoms with E-state index in [1.807, 2.05) is 0 Å². The van der Waals surface area contributed by atoms with Gasteiger partial charge in [-0.15, -0.1) is 5.10 Å². The summed E-state index contributed by atoms with van der Waals surface area (Å²) in [5.41, 5.74) is -0.799. The second-order valence-corrected chi connectivity index (χ2v) is 4.33. The summed E-state index contributed by atoms with van der Waals surface area (Å²) in [7, 11) is 0. The van der Waals surface area contributed by atoms with Crippen LogP contribution in [0.15, 0.2) is 0 Å². The zero-order valence-corrected chi connectivity index (χ0v) is 9.38. The van der Waals surface area contributed by atoms with Crippen LogP contribution in [-0.2, 0) is 4.79 Å². The Morgan fingerprint density at radius 3 is 2.47 bits per heavy atom. The van der Waals surface area contributed by atoms with Gasteiger partial charge in [-0.1, -0.05) is 4.49 Å². The van der Waals surface area contributed by atoms with E-state index >= 15 is 0 Å². The van der Waals surface area contributed by atoms with Crippen LogP contribution in [0.2, 0.25) is 0 Å². The van der Waals surface area contributed by atoms with Crippen molar-refractivity contribution >= 4 is 23.4 Å². The third-order valence-electron chi connectivity index (χ3n) is 1.82. The number of aryl methyl sites for hydroxylation is 1. The summed E-state index contributed by atoms with van der Waals surface area (Å²) in [6.45, 7) is 4.47. The predicted octanol–water partition coefficient (Wildman–Crippen LogP) is 0.440. The van der Waals surface area contributed by atoms with Crippen molar-refractivity contribution in [3.05, 3.63) is 10.6 Å². The zero-order chi connectivity index (χ0) is 11.6. The highest BCUT2D eigenvalue weighted by molar-refractivity contribution is 7.08. The summed E-state index contributed by atoms with van der Waals surface area (Å²) in [6, 6.07) is 0. The largest absolute Gasteiger partial charge is 0.480 e. The van der Waals surface area contributed by atoms with E-state index in [0.29, 0.717) is 10.6 Å². The van der Waals surface area contributed by atoms with Crippen LogP contribution in [0.3, 0.4) is 0 Å². The number of carboxylic acid groups (broad SMARTS) is 1. The van der Waals surface area contributed by atoms with Gasteiger partial charge in [-0.2, -0.15) is 0 Å². The fraction of sp³-hybridized carbons (Fsp3) is 0.500. The third kappa shape index (κ3) is 2.50. The van der Waals surface area contributed by atoms with E-state index in [-0.39, 0.29) is 0 Å². The molecule has 7 heteroatoms. The van der Waals surface area contributed by atoms with Crippen molar-refractivity contribution in [3.8, 4) is 0 Å². The molecule has 1 amide bonds. The van der Waals surface area contributed by atoms with Gasteiger partial charge in [0.25, 0.3) is 5.91 Å². The molecule has 0 atom stereocenters. The molecule has 0 aliphatic carbocycles. The van der Waals surface area contributed by atoms with E-state index < -0.39 is 17.4 Å². The Morgan fingerprint density at radius 2 is 2.07 bits per heavy atom. The van der Waals surface area contributed by atoms with Crippen LogP contribution < -0.4 is 5.32 Å². The van der Waals surface area contributed by atoms with Gasteiger partial charge in [0, 0.05) is 0 Å². The topological polar surface area (TPSA) is 92.2 Å². The summed E-state index contributed by atoms with van der Waals surface area (Å²) in [4.78, 5) is 22.7. The number of amides is 1. The average molecular weight is 229 g/mol. The molecule has 1 aromatic rings. The van der Waals surface area contributed by atoms with Crippen molar-refractivity contribution in [3.63, 3.8) is 0 Å². The van der Waals surface area contributed by atoms with E-state index in [4.69, 9.17) is 5.11 Å². The van der Waals surface area contributed by atoms with Gasteiger partial charge in [0.15, 0.2) is 0 Å². The molecule has 1 rings (SSSR count). The van der Waals surface area contributed by atoms with Crippen molar-refractivity contribution in [2.75, 3.05) is 0 Å². The molecule has 0 saturated carbocycles. The standard InChI is InChI=1S/C8H11N3O3S/c1-4-5(15-11-10-4)6(12)9-8(2,3)7(13)14/h1-3H3,(H,9,12)(H,13,14). The third-order valence-corrected chi connectivity index (χ3v) is 2.65. The first-order valence-electron chi connectivity index (χ1n) is 4.19. The molecule has 15 heavy (non-hydrogen) atoms. The second-order valence-electron chi connectivity index (χ2n) is 3.57. The maximum atomic E-state index is 11.6. The molecule has 0 spiro atoms. The van der Waals surface area contributed by atoms with Gasteiger partial charge in [-0.05, 0) is 32.3 Å². The van der Waals surface area contributed by atoms with E-state index in [1.54, 1.807) is 6.92 Å². The Balaban J connectivity index is 2.81. The Morgan fingerprint density at radius 1 is 1.47 bits per heavy atom. The van der Waals surface area contributed by atoms with Crippen LogP contribution in [-0.4, -0.2) is 32.1 Å². The maximum absolute atomic E-state index is 11.6. The molecule has 0 aliphatic heterocycles. The number of carboxylic acids is 1. The SMILES string of the molecule is Cc1nnsc1C(=O)NC(C)(C)C(=O)O. The molecular weight excluding hydrogens is 218 g/mol. The van der Waals surface area contributed by atoms with Crippen molar-refractivity contribution in [1.82, 2.24) is 14.9 Å². The van der Waals surface area contributed by atoms with Gasteiger partial charge in [0.1, 0.15) is 10.4 Å². The molecule has 82 valence electrons. The van der Waals surface area contributed by atoms with Crippen molar-refractivity contribution in [2.24, 2.45) is 0 Å². The molecule has 1 aromatic heterocycles. The highest BCUT2D eigenvalue weighted by Gasteiger charge is 2.30. The lowest BCUT2D eigenvalue weighted by Crippen LogP contribution is -2.49. The molecular formula is C8H11N3O3S. The molecule has 2 N–H and O–H groups in total. The highest BCUT2D eigenvalue weighted by atomic mass is 32.1. The van der Waals surface area contributed by atoms with Gasteiger partial charge in [0.2, 0.25) is 0 Å². The van der Waals surface area contributed by atoms with Crippen LogP contribution in [0.25, 0.3) is 0 Å². The molecule has 0 aliphatic rings. The summed E-state index contributed by atoms with van der Waals surface area (Å²) >= 11 is 0.944. The van der Waals surface area contributed by atoms with E-state index in [2.05, 4.69) is 14.9 Å². The molecule has 0 aromatic carbocycles. The normalized spacial score (nSPS) is 11.1. The number of rotatable bonds is 3. The summed E-state index contributed by atoms with van der Waals surface area (Å²) < 4.78 is 3.60. The lowest BCUT2D eigenvalue weighted by molar-refractivity contribution is -0.143. The van der Waals surface area contributed by atoms with Gasteiger partial charge >= 0.3 is 5.97 Å². The van der Waals surface area contributed by atoms with Crippen molar-refractivity contribution in [1.29, 1.82) is 0 Å². The summed E-state index contributed by atoms with van der Waals surface area (Å²) in [6.07, 6.45) is 0. The molecule has 0 bridgehead atoms. The number of hydrogen-bond acceptors (Lipinski definition) is 5. The van der Waals surface area contributed by atoms with Crippen LogP contribution in [0.4, 0.5) is 0 Å². The lowest BCUT2D eigenvalue weighted by Gasteiger charge is -2.20. The van der Waals surface area contributed by atoms with Crippen molar-refractivity contribution in [2.45, 2.75) is 26.3 Å². The van der Waals surface area contributed by atoms with Gasteiger partial charge in [-0.3, -0.25) is 4.79 Å². The number of nitrogens with one attached hydrogen (secondary N) is 1. The summed E-state index contributed by atoms with van der Waals surface area (Å²) in [5, 5.41) is 14.9. The van der Waals surface area contributed by atoms with E-state index in [0.717, 1.165) is 11.5 Å². The zero-order valence-electron chi connectivity index (χ0n) is 8.57. The van der Waals surface area contributed by atoms with Crippen LogP contribution in [0, 0.1) is 6.92 Å². The second kappa shape index (κ2) is 3.93. The number of hydrogen-bond donors (Lipinski definition) is 2. The fourth-order valence-corrected chi connectivity index (χ4v) is 1.39. The van der Waals surface area contributed by atoms with E-state index in [9.17, 15) is 9.59 Å². The van der Waals surface area contributed by atoms with Crippen LogP contribution in [0.5, 0.6) is 0 Å². The quantitative estimate of drug-likeness (QED) is 0.784. The number of aromatic nitrogens is 2. The smallest absolute Gasteiger partial charge is 0.328 e. The highest BCUT2D eigenvalue weighted by Crippen LogP contribution is 2.11. The Hall–Kier alpha value is -1.50. The minimum Gasteiger partial charge on any atom is -0.480 e. The monoisotopic (exact) mass is 229 g/mol. The summed E-state index contributed by atoms with van der Waals surface area (Å²) in [5.74, 6) is -1.55. The Kier molecular flexibility index (Phi) is 3.04. The maximum Gasteiger partial charge on any atom is 0.328 e. The molecule has 0 radical (unpaired) electrons. The van der Waals surface area contributed by atoms with Gasteiger partial charge in [-0.25, -0.2) is 4.79 Å². The first-order chi connectivity index (χ1) is 6.84. The minimum absolute atomic E-state index is 0.337. The number of aliphatic carboxylic acids is 1. The Labute approximate surface area is 90.5 Å². The first kappa shape index (κ1) is 11.6. The molecule has 0 saturated heterocycles. The minimum atomic E-state index is -1.30. The molecule has 0 unspecified atom stereocenters. The first-order valence-corrected chi connectivity index (χ1v) is 4.97. The molecule has 1 heterocycles. The molecule has 6 nitrogen and oxygen atoms in total. The predicted molar refractivity (Wildman–Crippen MR) is 53.8 cm³/mol. The number of nitrogens with zero attached hydrogens (tertiary/aromatic N) is 2. The Bertz CT molecular complexity index is 400. The van der Waals surface area contributed by atoms with Crippen LogP contribution >= 0.6 is 11.5 Å². The number of carbonyl (C=O) groups is 2. The fourth-order valence-electron chi connectivity index (χ4n) is 0.834. The average Bonchev–Trinajstić information content (AvgIpc) is 2.50. The van der Waals surface area contributed by atoms with Gasteiger partial charge in [0.05, 0.1) is 5.69 Å². The van der Waals surface area contributed by atoms with Gasteiger partial charge < -0.3 is 10.4 Å².